The number of hydrogen-bond acceptors (Lipinski definition) is 2. The van der Waals surface area contributed by atoms with E-state index in [2.05, 4.69) is 48.5 Å². The van der Waals surface area contributed by atoms with Gasteiger partial charge in [-0.05, 0) is 80.0 Å². The number of benzene rings is 1. The van der Waals surface area contributed by atoms with Crippen LogP contribution in [0.4, 0.5) is 0 Å². The van der Waals surface area contributed by atoms with Crippen molar-refractivity contribution in [2.75, 3.05) is 0 Å². The highest BCUT2D eigenvalue weighted by Gasteiger charge is 2.41. The van der Waals surface area contributed by atoms with Crippen molar-refractivity contribution in [3.63, 3.8) is 0 Å². The number of thiazole rings is 1. The Kier molecular flexibility index (Phi) is 3.87. The third-order valence-corrected chi connectivity index (χ3v) is 7.26. The minimum absolute atomic E-state index is 0.481. The largest absolute Gasteiger partial charge is 0.241 e. The van der Waals surface area contributed by atoms with Crippen LogP contribution >= 0.6 is 11.3 Å². The zero-order chi connectivity index (χ0) is 16.2. The van der Waals surface area contributed by atoms with Gasteiger partial charge in [0.15, 0.2) is 0 Å². The lowest BCUT2D eigenvalue weighted by atomic mass is 9.58. The summed E-state index contributed by atoms with van der Waals surface area (Å²) < 4.78 is 1.42. The van der Waals surface area contributed by atoms with Crippen molar-refractivity contribution < 1.29 is 0 Å². The normalized spacial score (nSPS) is 25.0. The lowest BCUT2D eigenvalue weighted by Crippen LogP contribution is -2.38. The molecule has 1 aromatic heterocycles. The Balaban J connectivity index is 1.91. The molecule has 2 heteroatoms. The molecule has 0 aliphatic heterocycles. The van der Waals surface area contributed by atoms with E-state index in [1.54, 1.807) is 0 Å². The van der Waals surface area contributed by atoms with Crippen molar-refractivity contribution in [2.45, 2.75) is 67.7 Å². The molecule has 0 radical (unpaired) electrons. The minimum atomic E-state index is 0.481. The quantitative estimate of drug-likeness (QED) is 0.662. The molecule has 2 aromatic rings. The minimum Gasteiger partial charge on any atom is -0.241 e. The van der Waals surface area contributed by atoms with Crippen molar-refractivity contribution in [1.29, 1.82) is 0 Å². The average molecular weight is 316 g/mol. The van der Waals surface area contributed by atoms with E-state index in [1.165, 1.54) is 50.3 Å². The number of rotatable bonds is 3. The molecule has 1 aliphatic rings. The van der Waals surface area contributed by atoms with Crippen molar-refractivity contribution in [3.05, 3.63) is 27.3 Å². The Labute approximate surface area is 139 Å². The van der Waals surface area contributed by atoms with Gasteiger partial charge in [0.25, 0.3) is 0 Å². The van der Waals surface area contributed by atoms with Crippen LogP contribution in [0.3, 0.4) is 0 Å². The predicted molar refractivity (Wildman–Crippen MR) is 97.9 cm³/mol. The van der Waals surface area contributed by atoms with Crippen LogP contribution in [0.25, 0.3) is 10.2 Å². The number of hydrogen-bond donors (Lipinski definition) is 0. The lowest BCUT2D eigenvalue weighted by Gasteiger charge is -2.47. The molecule has 0 N–H and O–H groups in total. The summed E-state index contributed by atoms with van der Waals surface area (Å²) in [6.07, 6.45) is 3.90. The first-order chi connectivity index (χ1) is 10.2. The van der Waals surface area contributed by atoms with E-state index in [4.69, 9.17) is 4.98 Å². The maximum Gasteiger partial charge on any atom is 0.0944 e. The molecular formula is C20H29NS. The van der Waals surface area contributed by atoms with Crippen LogP contribution in [0.2, 0.25) is 0 Å². The van der Waals surface area contributed by atoms with E-state index in [-0.39, 0.29) is 0 Å². The van der Waals surface area contributed by atoms with Gasteiger partial charge in [0.05, 0.1) is 15.2 Å². The summed E-state index contributed by atoms with van der Waals surface area (Å²) in [5.41, 5.74) is 7.39. The summed E-state index contributed by atoms with van der Waals surface area (Å²) in [5, 5.41) is 1.34. The maximum absolute atomic E-state index is 5.03. The SMILES string of the molecule is Cc1c(C)c(C)c2sc(CC3(C)CC(C(C)C)C3)nc2c1C. The molecule has 0 unspecified atom stereocenters. The van der Waals surface area contributed by atoms with Gasteiger partial charge in [-0.15, -0.1) is 11.3 Å². The Morgan fingerprint density at radius 1 is 1.05 bits per heavy atom. The fourth-order valence-corrected chi connectivity index (χ4v) is 5.44. The van der Waals surface area contributed by atoms with E-state index in [1.807, 2.05) is 11.3 Å². The molecule has 1 heterocycles. The number of aromatic nitrogens is 1. The number of nitrogens with zero attached hydrogens (tertiary/aromatic N) is 1. The van der Waals surface area contributed by atoms with Gasteiger partial charge in [0.1, 0.15) is 0 Å². The number of fused-ring (bicyclic) bond motifs is 1. The first kappa shape index (κ1) is 16.0. The second-order valence-corrected chi connectivity index (χ2v) is 9.27. The highest BCUT2D eigenvalue weighted by Crippen LogP contribution is 2.51. The van der Waals surface area contributed by atoms with Crippen LogP contribution in [0, 0.1) is 44.9 Å². The van der Waals surface area contributed by atoms with Gasteiger partial charge in [-0.25, -0.2) is 4.98 Å². The topological polar surface area (TPSA) is 12.9 Å². The summed E-state index contributed by atoms with van der Waals surface area (Å²) in [6, 6.07) is 0. The zero-order valence-corrected chi connectivity index (χ0v) is 15.9. The van der Waals surface area contributed by atoms with E-state index in [9.17, 15) is 0 Å². The van der Waals surface area contributed by atoms with Gasteiger partial charge in [0, 0.05) is 6.42 Å². The van der Waals surface area contributed by atoms with Gasteiger partial charge in [-0.3, -0.25) is 0 Å². The van der Waals surface area contributed by atoms with Crippen molar-refractivity contribution in [2.24, 2.45) is 17.3 Å². The zero-order valence-electron chi connectivity index (χ0n) is 15.1. The van der Waals surface area contributed by atoms with E-state index in [0.717, 1.165) is 18.3 Å². The predicted octanol–water partition coefficient (Wildman–Crippen LogP) is 6.14. The third-order valence-electron chi connectivity index (χ3n) is 6.09. The second-order valence-electron chi connectivity index (χ2n) is 8.19. The summed E-state index contributed by atoms with van der Waals surface area (Å²) in [6.45, 7) is 16.1. The van der Waals surface area contributed by atoms with Gasteiger partial charge in [-0.2, -0.15) is 0 Å². The second kappa shape index (κ2) is 5.33. The molecule has 3 rings (SSSR count). The first-order valence-electron chi connectivity index (χ1n) is 8.57. The van der Waals surface area contributed by atoms with Crippen LogP contribution in [0.5, 0.6) is 0 Å². The molecule has 0 saturated heterocycles. The highest BCUT2D eigenvalue weighted by molar-refractivity contribution is 7.18. The van der Waals surface area contributed by atoms with Crippen LogP contribution in [-0.2, 0) is 6.42 Å². The Hall–Kier alpha value is -0.890. The first-order valence-corrected chi connectivity index (χ1v) is 9.39. The van der Waals surface area contributed by atoms with Crippen LogP contribution in [0.15, 0.2) is 0 Å². The molecular weight excluding hydrogens is 286 g/mol. The molecule has 120 valence electrons. The third kappa shape index (κ3) is 2.50. The van der Waals surface area contributed by atoms with E-state index in [0.29, 0.717) is 5.41 Å². The van der Waals surface area contributed by atoms with E-state index < -0.39 is 0 Å². The Morgan fingerprint density at radius 3 is 2.23 bits per heavy atom. The van der Waals surface area contributed by atoms with Gasteiger partial charge >= 0.3 is 0 Å². The molecule has 1 aliphatic carbocycles. The smallest absolute Gasteiger partial charge is 0.0944 e. The van der Waals surface area contributed by atoms with Crippen molar-refractivity contribution in [3.8, 4) is 0 Å². The summed E-state index contributed by atoms with van der Waals surface area (Å²) >= 11 is 1.94. The monoisotopic (exact) mass is 315 g/mol. The standard InChI is InChI=1S/C20H29NS/c1-11(2)16-8-20(7,9-16)10-17-21-18-14(5)12(3)13(4)15(6)19(18)22-17/h11,16H,8-10H2,1-7H3. The Morgan fingerprint density at radius 2 is 1.64 bits per heavy atom. The van der Waals surface area contributed by atoms with Crippen LogP contribution in [-0.4, -0.2) is 4.98 Å². The fraction of sp³-hybridized carbons (Fsp3) is 0.650. The van der Waals surface area contributed by atoms with Gasteiger partial charge < -0.3 is 0 Å². The molecule has 0 atom stereocenters. The lowest BCUT2D eigenvalue weighted by molar-refractivity contribution is 0.0436. The summed E-state index contributed by atoms with van der Waals surface area (Å²) in [4.78, 5) is 5.03. The van der Waals surface area contributed by atoms with Crippen molar-refractivity contribution >= 4 is 21.6 Å². The maximum atomic E-state index is 5.03. The molecule has 1 fully saturated rings. The molecule has 0 amide bonds. The van der Waals surface area contributed by atoms with Crippen molar-refractivity contribution in [1.82, 2.24) is 4.98 Å². The molecule has 1 nitrogen and oxygen atoms in total. The van der Waals surface area contributed by atoms with Gasteiger partial charge in [-0.1, -0.05) is 20.8 Å². The molecule has 1 saturated carbocycles. The van der Waals surface area contributed by atoms with Crippen LogP contribution in [0.1, 0.15) is 60.9 Å². The number of aryl methyl sites for hydroxylation is 2. The highest BCUT2D eigenvalue weighted by atomic mass is 32.1. The average Bonchev–Trinajstić information content (AvgIpc) is 2.83. The van der Waals surface area contributed by atoms with Gasteiger partial charge in [0.2, 0.25) is 0 Å². The van der Waals surface area contributed by atoms with Crippen LogP contribution < -0.4 is 0 Å². The Bertz CT molecular complexity index is 672. The molecule has 0 spiro atoms. The molecule has 0 bridgehead atoms. The summed E-state index contributed by atoms with van der Waals surface area (Å²) in [5.74, 6) is 1.76. The van der Waals surface area contributed by atoms with E-state index >= 15 is 0 Å². The molecule has 22 heavy (non-hydrogen) atoms. The molecule has 1 aromatic carbocycles. The fourth-order valence-electron chi connectivity index (χ4n) is 4.05. The summed E-state index contributed by atoms with van der Waals surface area (Å²) in [7, 11) is 0.